The summed E-state index contributed by atoms with van der Waals surface area (Å²) in [6, 6.07) is 10.5. The third kappa shape index (κ3) is 4.69. The smallest absolute Gasteiger partial charge is 0.264 e. The van der Waals surface area contributed by atoms with Crippen molar-refractivity contribution in [2.45, 2.75) is 31.6 Å². The highest BCUT2D eigenvalue weighted by Crippen LogP contribution is 2.28. The van der Waals surface area contributed by atoms with Crippen molar-refractivity contribution in [1.29, 1.82) is 0 Å². The van der Waals surface area contributed by atoms with Crippen molar-refractivity contribution in [2.75, 3.05) is 18.2 Å². The number of nitrogens with zero attached hydrogens (tertiary/aromatic N) is 1. The molecule has 2 aromatic carbocycles. The van der Waals surface area contributed by atoms with Gasteiger partial charge in [0.15, 0.2) is 21.6 Å². The summed E-state index contributed by atoms with van der Waals surface area (Å²) in [7, 11) is -3.29. The van der Waals surface area contributed by atoms with Gasteiger partial charge in [0.1, 0.15) is 5.75 Å². The van der Waals surface area contributed by atoms with E-state index >= 15 is 0 Å². The lowest BCUT2D eigenvalue weighted by Crippen LogP contribution is -2.20. The first-order valence-electron chi connectivity index (χ1n) is 8.77. The van der Waals surface area contributed by atoms with E-state index in [1.807, 2.05) is 25.1 Å². The minimum Gasteiger partial charge on any atom is -0.484 e. The van der Waals surface area contributed by atoms with E-state index in [4.69, 9.17) is 4.74 Å². The Hall–Kier alpha value is -2.45. The van der Waals surface area contributed by atoms with Crippen LogP contribution in [0.4, 0.5) is 5.13 Å². The van der Waals surface area contributed by atoms with E-state index in [0.29, 0.717) is 27.0 Å². The number of hydrogen-bond acceptors (Lipinski definition) is 6. The second-order valence-electron chi connectivity index (χ2n) is 6.93. The summed E-state index contributed by atoms with van der Waals surface area (Å²) in [6.07, 6.45) is 1.16. The second kappa shape index (κ2) is 7.89. The fourth-order valence-electron chi connectivity index (χ4n) is 2.88. The van der Waals surface area contributed by atoms with Crippen molar-refractivity contribution in [2.24, 2.45) is 0 Å². The maximum absolute atomic E-state index is 12.2. The number of aryl methyl sites for hydroxylation is 1. The van der Waals surface area contributed by atoms with Crippen LogP contribution in [-0.4, -0.2) is 32.2 Å². The molecular weight excluding hydrogens is 396 g/mol. The van der Waals surface area contributed by atoms with Crippen molar-refractivity contribution >= 4 is 42.4 Å². The van der Waals surface area contributed by atoms with Crippen LogP contribution in [0, 0.1) is 6.92 Å². The average Bonchev–Trinajstić information content (AvgIpc) is 3.00. The molecule has 0 radical (unpaired) electrons. The standard InChI is InChI=1S/C20H22N2O4S2/c1-12(2)16-7-5-14(9-13(16)3)26-11-19(23)22-20-21-17-8-6-15(28(4,24)25)10-18(17)27-20/h5-10,12H,11H2,1-4H3,(H,21,22,23). The number of sulfone groups is 1. The van der Waals surface area contributed by atoms with Crippen molar-refractivity contribution < 1.29 is 17.9 Å². The van der Waals surface area contributed by atoms with Crippen LogP contribution < -0.4 is 10.1 Å². The minimum atomic E-state index is -3.29. The maximum Gasteiger partial charge on any atom is 0.264 e. The zero-order valence-corrected chi connectivity index (χ0v) is 17.8. The Labute approximate surface area is 168 Å². The molecule has 3 aromatic rings. The van der Waals surface area contributed by atoms with Crippen LogP contribution in [0.1, 0.15) is 30.9 Å². The fourth-order valence-corrected chi connectivity index (χ4v) is 4.52. The first-order chi connectivity index (χ1) is 13.1. The number of ether oxygens (including phenoxy) is 1. The molecule has 0 saturated heterocycles. The van der Waals surface area contributed by atoms with E-state index in [9.17, 15) is 13.2 Å². The van der Waals surface area contributed by atoms with Gasteiger partial charge in [-0.15, -0.1) is 0 Å². The molecule has 0 spiro atoms. The van der Waals surface area contributed by atoms with Gasteiger partial charge in [0, 0.05) is 6.26 Å². The van der Waals surface area contributed by atoms with Gasteiger partial charge in [-0.3, -0.25) is 10.1 Å². The Kier molecular flexibility index (Phi) is 5.71. The fraction of sp³-hybridized carbons (Fsp3) is 0.300. The molecule has 0 unspecified atom stereocenters. The molecule has 0 fully saturated rings. The normalized spacial score (nSPS) is 11.8. The molecular formula is C20H22N2O4S2. The van der Waals surface area contributed by atoms with Gasteiger partial charge in [-0.25, -0.2) is 13.4 Å². The summed E-state index contributed by atoms with van der Waals surface area (Å²) in [5, 5.41) is 3.10. The molecule has 8 heteroatoms. The molecule has 1 amide bonds. The molecule has 1 aromatic heterocycles. The first-order valence-corrected chi connectivity index (χ1v) is 11.5. The van der Waals surface area contributed by atoms with E-state index in [0.717, 1.165) is 11.8 Å². The lowest BCUT2D eigenvalue weighted by atomic mass is 9.98. The van der Waals surface area contributed by atoms with Gasteiger partial charge in [0.25, 0.3) is 5.91 Å². The van der Waals surface area contributed by atoms with Crippen LogP contribution >= 0.6 is 11.3 Å². The van der Waals surface area contributed by atoms with Crippen LogP contribution in [-0.2, 0) is 14.6 Å². The zero-order valence-electron chi connectivity index (χ0n) is 16.1. The maximum atomic E-state index is 12.2. The number of rotatable bonds is 6. The summed E-state index contributed by atoms with van der Waals surface area (Å²) in [4.78, 5) is 16.7. The molecule has 0 bridgehead atoms. The van der Waals surface area contributed by atoms with E-state index in [1.165, 1.54) is 23.0 Å². The number of fused-ring (bicyclic) bond motifs is 1. The molecule has 0 aliphatic heterocycles. The van der Waals surface area contributed by atoms with Gasteiger partial charge in [0.05, 0.1) is 15.1 Å². The molecule has 0 aliphatic carbocycles. The Morgan fingerprint density at radius 3 is 2.61 bits per heavy atom. The van der Waals surface area contributed by atoms with Crippen molar-refractivity contribution in [1.82, 2.24) is 4.98 Å². The molecule has 0 atom stereocenters. The number of thiazole rings is 1. The predicted octanol–water partition coefficient (Wildman–Crippen LogP) is 4.15. The number of carbonyl (C=O) groups is 1. The van der Waals surface area contributed by atoms with Crippen LogP contribution in [0.3, 0.4) is 0 Å². The summed E-state index contributed by atoms with van der Waals surface area (Å²) < 4.78 is 29.6. The van der Waals surface area contributed by atoms with E-state index in [1.54, 1.807) is 12.1 Å². The topological polar surface area (TPSA) is 85.4 Å². The SMILES string of the molecule is Cc1cc(OCC(=O)Nc2nc3ccc(S(C)(=O)=O)cc3s2)ccc1C(C)C. The predicted molar refractivity (Wildman–Crippen MR) is 112 cm³/mol. The van der Waals surface area contributed by atoms with Crippen molar-refractivity contribution in [3.63, 3.8) is 0 Å². The number of hydrogen-bond donors (Lipinski definition) is 1. The van der Waals surface area contributed by atoms with Crippen molar-refractivity contribution in [3.8, 4) is 5.75 Å². The molecule has 1 N–H and O–H groups in total. The minimum absolute atomic E-state index is 0.134. The Balaban J connectivity index is 1.65. The van der Waals surface area contributed by atoms with Gasteiger partial charge < -0.3 is 4.74 Å². The zero-order chi connectivity index (χ0) is 20.5. The van der Waals surface area contributed by atoms with Crippen LogP contribution in [0.2, 0.25) is 0 Å². The Morgan fingerprint density at radius 2 is 1.96 bits per heavy atom. The summed E-state index contributed by atoms with van der Waals surface area (Å²) in [6.45, 7) is 6.15. The van der Waals surface area contributed by atoms with Crippen LogP contribution in [0.5, 0.6) is 5.75 Å². The number of nitrogens with one attached hydrogen (secondary N) is 1. The third-order valence-corrected chi connectivity index (χ3v) is 6.31. The molecule has 3 rings (SSSR count). The van der Waals surface area contributed by atoms with Crippen LogP contribution in [0.15, 0.2) is 41.3 Å². The largest absolute Gasteiger partial charge is 0.484 e. The highest BCUT2D eigenvalue weighted by molar-refractivity contribution is 7.90. The lowest BCUT2D eigenvalue weighted by molar-refractivity contribution is -0.118. The number of carbonyl (C=O) groups excluding carboxylic acids is 1. The average molecular weight is 419 g/mol. The van der Waals surface area contributed by atoms with E-state index in [2.05, 4.69) is 24.1 Å². The second-order valence-corrected chi connectivity index (χ2v) is 9.98. The van der Waals surface area contributed by atoms with Gasteiger partial charge >= 0.3 is 0 Å². The molecule has 0 aliphatic rings. The molecule has 148 valence electrons. The highest BCUT2D eigenvalue weighted by Gasteiger charge is 2.13. The lowest BCUT2D eigenvalue weighted by Gasteiger charge is -2.12. The van der Waals surface area contributed by atoms with E-state index in [-0.39, 0.29) is 17.4 Å². The first kappa shape index (κ1) is 20.3. The van der Waals surface area contributed by atoms with Crippen molar-refractivity contribution in [3.05, 3.63) is 47.5 Å². The summed E-state index contributed by atoms with van der Waals surface area (Å²) >= 11 is 1.22. The molecule has 0 saturated carbocycles. The number of anilines is 1. The molecule has 1 heterocycles. The van der Waals surface area contributed by atoms with Gasteiger partial charge in [-0.05, 0) is 54.3 Å². The third-order valence-electron chi connectivity index (χ3n) is 4.27. The highest BCUT2D eigenvalue weighted by atomic mass is 32.2. The number of benzene rings is 2. The molecule has 6 nitrogen and oxygen atoms in total. The van der Waals surface area contributed by atoms with E-state index < -0.39 is 9.84 Å². The summed E-state index contributed by atoms with van der Waals surface area (Å²) in [5.41, 5.74) is 3.01. The number of aromatic nitrogens is 1. The van der Waals surface area contributed by atoms with Crippen LogP contribution in [0.25, 0.3) is 10.2 Å². The number of amides is 1. The molecule has 28 heavy (non-hydrogen) atoms. The van der Waals surface area contributed by atoms with Gasteiger partial charge in [-0.2, -0.15) is 0 Å². The van der Waals surface area contributed by atoms with Gasteiger partial charge in [0.2, 0.25) is 0 Å². The quantitative estimate of drug-likeness (QED) is 0.650. The Morgan fingerprint density at radius 1 is 1.21 bits per heavy atom. The monoisotopic (exact) mass is 418 g/mol. The summed E-state index contributed by atoms with van der Waals surface area (Å²) in [5.74, 6) is 0.742. The van der Waals surface area contributed by atoms with Gasteiger partial charge in [-0.1, -0.05) is 31.3 Å². The Bertz CT molecular complexity index is 1130.